The van der Waals surface area contributed by atoms with E-state index in [1.165, 1.54) is 30.0 Å². The molecule has 0 fully saturated rings. The van der Waals surface area contributed by atoms with Gasteiger partial charge in [0.15, 0.2) is 0 Å². The van der Waals surface area contributed by atoms with E-state index in [2.05, 4.69) is 27.0 Å². The molecule has 0 radical (unpaired) electrons. The van der Waals surface area contributed by atoms with Gasteiger partial charge in [0, 0.05) is 11.3 Å². The Bertz CT molecular complexity index is 767. The summed E-state index contributed by atoms with van der Waals surface area (Å²) in [6.07, 6.45) is 2.35. The highest BCUT2D eigenvalue weighted by Gasteiger charge is 2.16. The summed E-state index contributed by atoms with van der Waals surface area (Å²) in [6.45, 7) is 0.706. The average Bonchev–Trinajstić information content (AvgIpc) is 3.30. The van der Waals surface area contributed by atoms with E-state index in [9.17, 15) is 4.79 Å². The minimum absolute atomic E-state index is 0.411. The summed E-state index contributed by atoms with van der Waals surface area (Å²) in [5.41, 5.74) is 0.428. The van der Waals surface area contributed by atoms with Gasteiger partial charge in [-0.3, -0.25) is 0 Å². The Labute approximate surface area is 140 Å². The van der Waals surface area contributed by atoms with Crippen LogP contribution < -0.4 is 0 Å². The van der Waals surface area contributed by atoms with Gasteiger partial charge in [-0.05, 0) is 27.9 Å². The number of rotatable bonds is 7. The monoisotopic (exact) mass is 350 g/mol. The summed E-state index contributed by atoms with van der Waals surface area (Å²) in [6, 6.07) is 5.72. The number of furan rings is 1. The van der Waals surface area contributed by atoms with E-state index in [4.69, 9.17) is 9.15 Å². The van der Waals surface area contributed by atoms with Crippen LogP contribution in [0.1, 0.15) is 21.0 Å². The maximum atomic E-state index is 11.6. The van der Waals surface area contributed by atoms with Crippen molar-refractivity contribution in [3.05, 3.63) is 46.0 Å². The highest BCUT2D eigenvalue weighted by Crippen LogP contribution is 2.24. The number of tetrazole rings is 1. The van der Waals surface area contributed by atoms with E-state index < -0.39 is 5.97 Å². The summed E-state index contributed by atoms with van der Waals surface area (Å²) in [5, 5.41) is 14.5. The molecule has 0 amide bonds. The average molecular weight is 350 g/mol. The lowest BCUT2D eigenvalue weighted by Crippen LogP contribution is -2.05. The third-order valence-corrected chi connectivity index (χ3v) is 5.03. The number of carbonyl (C=O) groups excluding carboxylic acids is 1. The lowest BCUT2D eigenvalue weighted by molar-refractivity contribution is 0.0598. The molecule has 0 aromatic carbocycles. The number of hydrogen-bond donors (Lipinski definition) is 0. The largest absolute Gasteiger partial charge is 0.468 e. The Kier molecular flexibility index (Phi) is 5.09. The van der Waals surface area contributed by atoms with Crippen molar-refractivity contribution in [2.75, 3.05) is 7.11 Å². The summed E-state index contributed by atoms with van der Waals surface area (Å²) >= 11 is 3.13. The number of thioether (sulfide) groups is 1. The Morgan fingerprint density at radius 1 is 1.48 bits per heavy atom. The second kappa shape index (κ2) is 7.42. The molecule has 0 N–H and O–H groups in total. The van der Waals surface area contributed by atoms with Crippen molar-refractivity contribution in [3.8, 4) is 0 Å². The number of hydrogen-bond acceptors (Lipinski definition) is 8. The van der Waals surface area contributed by atoms with Gasteiger partial charge in [-0.25, -0.2) is 9.48 Å². The van der Waals surface area contributed by atoms with E-state index in [0.717, 1.165) is 6.42 Å². The molecule has 0 aliphatic rings. The number of ether oxygens (including phenoxy) is 1. The number of esters is 1. The third kappa shape index (κ3) is 3.80. The maximum absolute atomic E-state index is 11.6. The topological polar surface area (TPSA) is 83.0 Å². The molecule has 0 saturated heterocycles. The number of aryl methyl sites for hydroxylation is 2. The molecule has 0 aliphatic carbocycles. The summed E-state index contributed by atoms with van der Waals surface area (Å²) < 4.78 is 11.8. The molecule has 7 nitrogen and oxygen atoms in total. The lowest BCUT2D eigenvalue weighted by atomic mass is 10.3. The number of aromatic nitrogens is 4. The van der Waals surface area contributed by atoms with E-state index in [1.54, 1.807) is 22.1 Å². The molecule has 9 heteroatoms. The van der Waals surface area contributed by atoms with Crippen LogP contribution in [0.5, 0.6) is 0 Å². The summed E-state index contributed by atoms with van der Waals surface area (Å²) in [5.74, 6) is 0.595. The van der Waals surface area contributed by atoms with Gasteiger partial charge in [0.2, 0.25) is 5.16 Å². The molecule has 3 heterocycles. The fraction of sp³-hybridized carbons (Fsp3) is 0.286. The number of thiophene rings is 1. The molecule has 0 saturated carbocycles. The van der Waals surface area contributed by atoms with Crippen molar-refractivity contribution < 1.29 is 13.9 Å². The molecule has 3 rings (SSSR count). The van der Waals surface area contributed by atoms with Crippen molar-refractivity contribution in [2.24, 2.45) is 0 Å². The first-order valence-electron chi connectivity index (χ1n) is 6.84. The van der Waals surface area contributed by atoms with E-state index in [0.29, 0.717) is 28.8 Å². The summed E-state index contributed by atoms with van der Waals surface area (Å²) in [4.78, 5) is 12.9. The van der Waals surface area contributed by atoms with Crippen LogP contribution in [0.2, 0.25) is 0 Å². The Hall–Kier alpha value is -2.13. The molecule has 3 aromatic rings. The molecule has 120 valence electrons. The predicted molar refractivity (Wildman–Crippen MR) is 85.4 cm³/mol. The van der Waals surface area contributed by atoms with Crippen LogP contribution in [0.3, 0.4) is 0 Å². The summed E-state index contributed by atoms with van der Waals surface area (Å²) in [7, 11) is 1.34. The first-order chi connectivity index (χ1) is 11.3. The number of methoxy groups -OCH3 is 1. The van der Waals surface area contributed by atoms with Crippen LogP contribution in [-0.2, 0) is 23.5 Å². The van der Waals surface area contributed by atoms with Crippen LogP contribution in [0.4, 0.5) is 0 Å². The second-order valence-electron chi connectivity index (χ2n) is 4.55. The highest BCUT2D eigenvalue weighted by molar-refractivity contribution is 7.98. The lowest BCUT2D eigenvalue weighted by Gasteiger charge is -2.03. The van der Waals surface area contributed by atoms with Gasteiger partial charge in [0.1, 0.15) is 11.3 Å². The highest BCUT2D eigenvalue weighted by atomic mass is 32.2. The number of carbonyl (C=O) groups is 1. The van der Waals surface area contributed by atoms with Crippen molar-refractivity contribution in [3.63, 3.8) is 0 Å². The smallest absolute Gasteiger partial charge is 0.341 e. The minimum Gasteiger partial charge on any atom is -0.468 e. The number of nitrogens with zero attached hydrogens (tertiary/aromatic N) is 4. The van der Waals surface area contributed by atoms with E-state index in [-0.39, 0.29) is 0 Å². The fourth-order valence-electron chi connectivity index (χ4n) is 1.99. The Morgan fingerprint density at radius 2 is 2.39 bits per heavy atom. The molecule has 0 aliphatic heterocycles. The van der Waals surface area contributed by atoms with Crippen LogP contribution in [0, 0.1) is 0 Å². The zero-order chi connectivity index (χ0) is 16.1. The Morgan fingerprint density at radius 3 is 3.17 bits per heavy atom. The fourth-order valence-corrected chi connectivity index (χ4v) is 3.54. The van der Waals surface area contributed by atoms with Gasteiger partial charge in [0.25, 0.3) is 0 Å². The van der Waals surface area contributed by atoms with Gasteiger partial charge < -0.3 is 9.15 Å². The van der Waals surface area contributed by atoms with Crippen molar-refractivity contribution in [2.45, 2.75) is 23.9 Å². The van der Waals surface area contributed by atoms with Crippen molar-refractivity contribution in [1.29, 1.82) is 0 Å². The molecular formula is C14H14N4O3S2. The molecule has 0 bridgehead atoms. The van der Waals surface area contributed by atoms with Gasteiger partial charge in [0.05, 0.1) is 25.7 Å². The first-order valence-corrected chi connectivity index (χ1v) is 8.70. The SMILES string of the molecule is COC(=O)c1ccoc1CSc1nnnn1CCc1cccs1. The van der Waals surface area contributed by atoms with Gasteiger partial charge in [-0.2, -0.15) is 0 Å². The second-order valence-corrected chi connectivity index (χ2v) is 6.53. The van der Waals surface area contributed by atoms with Crippen LogP contribution in [0.15, 0.2) is 39.4 Å². The van der Waals surface area contributed by atoms with E-state index >= 15 is 0 Å². The zero-order valence-electron chi connectivity index (χ0n) is 12.3. The minimum atomic E-state index is -0.411. The molecule has 0 unspecified atom stereocenters. The van der Waals surface area contributed by atoms with Gasteiger partial charge >= 0.3 is 5.97 Å². The zero-order valence-corrected chi connectivity index (χ0v) is 14.0. The van der Waals surface area contributed by atoms with Crippen molar-refractivity contribution in [1.82, 2.24) is 20.2 Å². The van der Waals surface area contributed by atoms with Gasteiger partial charge in [-0.1, -0.05) is 17.8 Å². The quantitative estimate of drug-likeness (QED) is 0.478. The van der Waals surface area contributed by atoms with Crippen LogP contribution in [0.25, 0.3) is 0 Å². The van der Waals surface area contributed by atoms with Crippen LogP contribution in [-0.4, -0.2) is 33.3 Å². The predicted octanol–water partition coefficient (Wildman–Crippen LogP) is 2.65. The molecule has 3 aromatic heterocycles. The first kappa shape index (κ1) is 15.8. The maximum Gasteiger partial charge on any atom is 0.341 e. The van der Waals surface area contributed by atoms with Crippen molar-refractivity contribution >= 4 is 29.1 Å². The molecule has 0 spiro atoms. The molecule has 0 atom stereocenters. The molecule has 23 heavy (non-hydrogen) atoms. The normalized spacial score (nSPS) is 10.8. The standard InChI is InChI=1S/C14H14N4O3S2/c1-20-13(19)11-5-7-21-12(11)9-23-14-15-16-17-18(14)6-4-10-3-2-8-22-10/h2-3,5,7-8H,4,6,9H2,1H3. The van der Waals surface area contributed by atoms with Gasteiger partial charge in [-0.15, -0.1) is 16.4 Å². The Balaban J connectivity index is 1.62. The van der Waals surface area contributed by atoms with E-state index in [1.807, 2.05) is 6.07 Å². The third-order valence-electron chi connectivity index (χ3n) is 3.13. The van der Waals surface area contributed by atoms with Crippen LogP contribution >= 0.6 is 23.1 Å². The molecular weight excluding hydrogens is 336 g/mol.